The van der Waals surface area contributed by atoms with Gasteiger partial charge in [0.05, 0.1) is 0 Å². The number of aryl methyl sites for hydroxylation is 1. The van der Waals surface area contributed by atoms with Crippen LogP contribution in [0.4, 0.5) is 13.2 Å². The van der Waals surface area contributed by atoms with Crippen LogP contribution in [-0.2, 0) is 0 Å². The first-order valence-electron chi connectivity index (χ1n) is 3.94. The summed E-state index contributed by atoms with van der Waals surface area (Å²) in [6, 6.07) is 1.60. The fourth-order valence-electron chi connectivity index (χ4n) is 1.06. The molecule has 1 aromatic carbocycles. The molecule has 0 aliphatic heterocycles. The van der Waals surface area contributed by atoms with Crippen LogP contribution >= 0.6 is 0 Å². The van der Waals surface area contributed by atoms with Gasteiger partial charge in [-0.25, -0.2) is 0 Å². The summed E-state index contributed by atoms with van der Waals surface area (Å²) < 4.78 is 36.5. The molecule has 3 N–H and O–H groups in total. The van der Waals surface area contributed by atoms with Crippen LogP contribution < -0.4 is 5.73 Å². The Kier molecular flexibility index (Phi) is 2.71. The summed E-state index contributed by atoms with van der Waals surface area (Å²) in [5.74, 6) is -0.0388. The quantitative estimate of drug-likeness (QED) is 0.738. The third-order valence-electron chi connectivity index (χ3n) is 1.93. The lowest BCUT2D eigenvalue weighted by molar-refractivity contribution is -0.149. The molecule has 0 saturated carbocycles. The van der Waals surface area contributed by atoms with E-state index in [1.807, 2.05) is 0 Å². The third kappa shape index (κ3) is 2.17. The number of hydrogen-bond acceptors (Lipinski definition) is 2. The van der Waals surface area contributed by atoms with Crippen molar-refractivity contribution in [1.29, 1.82) is 0 Å². The number of nitrogens with two attached hydrogens (primary N) is 1. The lowest BCUT2D eigenvalue weighted by atomic mass is 10.0. The number of rotatable bonds is 1. The Morgan fingerprint density at radius 2 is 1.93 bits per heavy atom. The maximum Gasteiger partial charge on any atom is 0.407 e. The molecule has 1 rings (SSSR count). The fraction of sp³-hybridized carbons (Fsp3) is 0.333. The zero-order chi connectivity index (χ0) is 10.9. The van der Waals surface area contributed by atoms with Crippen LogP contribution in [0.25, 0.3) is 0 Å². The van der Waals surface area contributed by atoms with Crippen molar-refractivity contribution in [3.8, 4) is 5.75 Å². The monoisotopic (exact) mass is 205 g/mol. The number of phenols is 1. The SMILES string of the molecule is Cc1cc([C@H](N)C(F)(F)F)ccc1O. The molecule has 0 amide bonds. The Morgan fingerprint density at radius 1 is 1.36 bits per heavy atom. The number of phenolic OH excluding ortho intramolecular Hbond substituents is 1. The van der Waals surface area contributed by atoms with Crippen molar-refractivity contribution in [1.82, 2.24) is 0 Å². The molecule has 1 atom stereocenters. The van der Waals surface area contributed by atoms with E-state index in [0.717, 1.165) is 0 Å². The fourth-order valence-corrected chi connectivity index (χ4v) is 1.06. The second-order valence-corrected chi connectivity index (χ2v) is 3.07. The second-order valence-electron chi connectivity index (χ2n) is 3.07. The van der Waals surface area contributed by atoms with Gasteiger partial charge in [0.1, 0.15) is 11.8 Å². The highest BCUT2D eigenvalue weighted by molar-refractivity contribution is 5.36. The van der Waals surface area contributed by atoms with Gasteiger partial charge in [-0.2, -0.15) is 13.2 Å². The van der Waals surface area contributed by atoms with Crippen LogP contribution in [-0.4, -0.2) is 11.3 Å². The Balaban J connectivity index is 3.03. The molecule has 1 aromatic rings. The third-order valence-corrected chi connectivity index (χ3v) is 1.93. The second kappa shape index (κ2) is 3.49. The lowest BCUT2D eigenvalue weighted by Crippen LogP contribution is -2.28. The highest BCUT2D eigenvalue weighted by Gasteiger charge is 2.37. The van der Waals surface area contributed by atoms with E-state index in [0.29, 0.717) is 5.56 Å². The van der Waals surface area contributed by atoms with E-state index in [1.54, 1.807) is 0 Å². The van der Waals surface area contributed by atoms with Gasteiger partial charge < -0.3 is 10.8 Å². The molecular formula is C9H10F3NO. The van der Waals surface area contributed by atoms with Gasteiger partial charge in [-0.3, -0.25) is 0 Å². The van der Waals surface area contributed by atoms with Gasteiger partial charge >= 0.3 is 6.18 Å². The smallest absolute Gasteiger partial charge is 0.407 e. The van der Waals surface area contributed by atoms with Crippen LogP contribution in [0.1, 0.15) is 17.2 Å². The molecule has 0 unspecified atom stereocenters. The number of alkyl halides is 3. The summed E-state index contributed by atoms with van der Waals surface area (Å²) in [7, 11) is 0. The summed E-state index contributed by atoms with van der Waals surface area (Å²) in [5, 5.41) is 9.11. The molecule has 0 radical (unpaired) electrons. The van der Waals surface area contributed by atoms with E-state index >= 15 is 0 Å². The molecule has 0 fully saturated rings. The minimum absolute atomic E-state index is 0.0388. The average Bonchev–Trinajstić information content (AvgIpc) is 2.07. The van der Waals surface area contributed by atoms with Gasteiger partial charge in [0.25, 0.3) is 0 Å². The van der Waals surface area contributed by atoms with Crippen LogP contribution in [0.2, 0.25) is 0 Å². The molecule has 0 spiro atoms. The average molecular weight is 205 g/mol. The van der Waals surface area contributed by atoms with Crippen LogP contribution in [0.3, 0.4) is 0 Å². The van der Waals surface area contributed by atoms with E-state index in [4.69, 9.17) is 10.8 Å². The number of aromatic hydroxyl groups is 1. The largest absolute Gasteiger partial charge is 0.508 e. The summed E-state index contributed by atoms with van der Waals surface area (Å²) in [4.78, 5) is 0. The van der Waals surface area contributed by atoms with Gasteiger partial charge in [0, 0.05) is 0 Å². The van der Waals surface area contributed by atoms with Crippen molar-refractivity contribution < 1.29 is 18.3 Å². The van der Waals surface area contributed by atoms with Crippen molar-refractivity contribution >= 4 is 0 Å². The predicted molar refractivity (Wildman–Crippen MR) is 45.8 cm³/mol. The van der Waals surface area contributed by atoms with Crippen molar-refractivity contribution in [2.24, 2.45) is 5.73 Å². The van der Waals surface area contributed by atoms with E-state index in [2.05, 4.69) is 0 Å². The van der Waals surface area contributed by atoms with Gasteiger partial charge in [-0.1, -0.05) is 12.1 Å². The molecule has 78 valence electrons. The minimum atomic E-state index is -4.45. The molecule has 0 bridgehead atoms. The number of hydrogen-bond donors (Lipinski definition) is 2. The Hall–Kier alpha value is -1.23. The zero-order valence-corrected chi connectivity index (χ0v) is 7.47. The summed E-state index contributed by atoms with van der Waals surface area (Å²) >= 11 is 0. The van der Waals surface area contributed by atoms with Crippen molar-refractivity contribution in [2.45, 2.75) is 19.1 Å². The molecule has 5 heteroatoms. The van der Waals surface area contributed by atoms with Gasteiger partial charge in [0.15, 0.2) is 0 Å². The topological polar surface area (TPSA) is 46.2 Å². The molecular weight excluding hydrogens is 195 g/mol. The van der Waals surface area contributed by atoms with E-state index < -0.39 is 12.2 Å². The van der Waals surface area contributed by atoms with Crippen molar-refractivity contribution in [3.05, 3.63) is 29.3 Å². The predicted octanol–water partition coefficient (Wildman–Crippen LogP) is 2.26. The maximum atomic E-state index is 12.2. The van der Waals surface area contributed by atoms with Crippen LogP contribution in [0.5, 0.6) is 5.75 Å². The molecule has 2 nitrogen and oxygen atoms in total. The molecule has 0 aliphatic carbocycles. The molecule has 0 saturated heterocycles. The first-order chi connectivity index (χ1) is 6.32. The highest BCUT2D eigenvalue weighted by atomic mass is 19.4. The van der Waals surface area contributed by atoms with Crippen LogP contribution in [0, 0.1) is 6.92 Å². The van der Waals surface area contributed by atoms with E-state index in [-0.39, 0.29) is 11.3 Å². The highest BCUT2D eigenvalue weighted by Crippen LogP contribution is 2.32. The Bertz CT molecular complexity index is 335. The minimum Gasteiger partial charge on any atom is -0.508 e. The molecule has 0 aromatic heterocycles. The number of halogens is 3. The molecule has 0 heterocycles. The van der Waals surface area contributed by atoms with Crippen LogP contribution in [0.15, 0.2) is 18.2 Å². The van der Waals surface area contributed by atoms with E-state index in [9.17, 15) is 13.2 Å². The Morgan fingerprint density at radius 3 is 2.36 bits per heavy atom. The standard InChI is InChI=1S/C9H10F3NO/c1-5-4-6(2-3-7(5)14)8(13)9(10,11)12/h2-4,8,14H,13H2,1H3/t8-/m0/s1. The normalized spacial score (nSPS) is 14.1. The first kappa shape index (κ1) is 10.8. The van der Waals surface area contributed by atoms with E-state index in [1.165, 1.54) is 25.1 Å². The molecule has 14 heavy (non-hydrogen) atoms. The lowest BCUT2D eigenvalue weighted by Gasteiger charge is -2.16. The van der Waals surface area contributed by atoms with Gasteiger partial charge in [0.2, 0.25) is 0 Å². The van der Waals surface area contributed by atoms with Gasteiger partial charge in [-0.15, -0.1) is 0 Å². The summed E-state index contributed by atoms with van der Waals surface area (Å²) in [6.45, 7) is 1.52. The maximum absolute atomic E-state index is 12.2. The Labute approximate surface area is 79.2 Å². The first-order valence-corrected chi connectivity index (χ1v) is 3.94. The van der Waals surface area contributed by atoms with Gasteiger partial charge in [-0.05, 0) is 24.1 Å². The molecule has 0 aliphatic rings. The zero-order valence-electron chi connectivity index (χ0n) is 7.47. The number of benzene rings is 1. The van der Waals surface area contributed by atoms with Crippen molar-refractivity contribution in [3.63, 3.8) is 0 Å². The van der Waals surface area contributed by atoms with Crippen molar-refractivity contribution in [2.75, 3.05) is 0 Å². The summed E-state index contributed by atoms with van der Waals surface area (Å²) in [6.07, 6.45) is -4.45. The summed E-state index contributed by atoms with van der Waals surface area (Å²) in [5.41, 5.74) is 5.31.